The van der Waals surface area contributed by atoms with Gasteiger partial charge in [0.2, 0.25) is 6.29 Å². The van der Waals surface area contributed by atoms with E-state index >= 15 is 0 Å². The Morgan fingerprint density at radius 2 is 1.78 bits per heavy atom. The van der Waals surface area contributed by atoms with Gasteiger partial charge in [-0.3, -0.25) is 4.79 Å². The molecule has 5 rings (SSSR count). The van der Waals surface area contributed by atoms with Gasteiger partial charge < -0.3 is 50.3 Å². The van der Waals surface area contributed by atoms with E-state index in [0.29, 0.717) is 24.8 Å². The van der Waals surface area contributed by atoms with Gasteiger partial charge in [-0.2, -0.15) is 0 Å². The SMILES string of the molecule is CC(C)=CCC(O)C(C)(O)C1C(O)C[C@@]2(C)[C@@H]3CCc4cc(O)c(OC5OC(CO)C(O)C(O)C5O)cc4[C@@]3(C)C(=O)C[C@]12C. The van der Waals surface area contributed by atoms with E-state index in [4.69, 9.17) is 9.47 Å². The zero-order chi connectivity index (χ0) is 33.4. The Labute approximate surface area is 264 Å². The molecule has 3 fully saturated rings. The van der Waals surface area contributed by atoms with Crippen molar-refractivity contribution in [2.45, 2.75) is 128 Å². The van der Waals surface area contributed by atoms with E-state index in [2.05, 4.69) is 6.92 Å². The molecule has 252 valence electrons. The van der Waals surface area contributed by atoms with Gasteiger partial charge in [0.15, 0.2) is 11.5 Å². The summed E-state index contributed by atoms with van der Waals surface area (Å²) in [5.41, 5.74) is -1.79. The van der Waals surface area contributed by atoms with Crippen molar-refractivity contribution in [3.05, 3.63) is 34.9 Å². The van der Waals surface area contributed by atoms with Crippen LogP contribution in [0.1, 0.15) is 78.4 Å². The number of carbonyl (C=O) groups excluding carboxylic acids is 1. The number of ether oxygens (including phenoxy) is 2. The largest absolute Gasteiger partial charge is 0.504 e. The number of Topliss-reactive ketones (excluding diaryl/α,β-unsaturated/α-hetero) is 1. The second-order valence-electron chi connectivity index (χ2n) is 15.0. The summed E-state index contributed by atoms with van der Waals surface area (Å²) in [6, 6.07) is 3.08. The lowest BCUT2D eigenvalue weighted by Crippen LogP contribution is -2.64. The topological polar surface area (TPSA) is 197 Å². The first kappa shape index (κ1) is 34.3. The number of ketones is 1. The van der Waals surface area contributed by atoms with Crippen LogP contribution in [0.3, 0.4) is 0 Å². The Morgan fingerprint density at radius 3 is 2.40 bits per heavy atom. The van der Waals surface area contributed by atoms with Gasteiger partial charge in [0, 0.05) is 12.3 Å². The molecule has 4 aliphatic rings. The molecule has 3 aliphatic carbocycles. The molecule has 0 spiro atoms. The Hall–Kier alpha value is -2.09. The average Bonchev–Trinajstić information content (AvgIpc) is 3.17. The smallest absolute Gasteiger partial charge is 0.229 e. The summed E-state index contributed by atoms with van der Waals surface area (Å²) >= 11 is 0. The molecule has 11 heteroatoms. The molecular formula is C34H50O11. The summed E-state index contributed by atoms with van der Waals surface area (Å²) in [5.74, 6) is -1.48. The zero-order valence-corrected chi connectivity index (χ0v) is 27.0. The minimum atomic E-state index is -1.69. The molecule has 0 bridgehead atoms. The Balaban J connectivity index is 1.51. The highest BCUT2D eigenvalue weighted by Crippen LogP contribution is 2.72. The molecule has 1 aromatic rings. The second kappa shape index (κ2) is 11.6. The highest BCUT2D eigenvalue weighted by molar-refractivity contribution is 5.93. The minimum Gasteiger partial charge on any atom is -0.504 e. The number of aryl methyl sites for hydroxylation is 1. The van der Waals surface area contributed by atoms with Crippen LogP contribution in [-0.2, 0) is 21.4 Å². The first-order chi connectivity index (χ1) is 20.8. The van der Waals surface area contributed by atoms with E-state index in [1.54, 1.807) is 13.0 Å². The summed E-state index contributed by atoms with van der Waals surface area (Å²) in [5, 5.41) is 85.9. The molecule has 13 atom stereocenters. The molecule has 11 nitrogen and oxygen atoms in total. The molecular weight excluding hydrogens is 584 g/mol. The van der Waals surface area contributed by atoms with Gasteiger partial charge in [-0.25, -0.2) is 0 Å². The number of allylic oxidation sites excluding steroid dienone is 1. The molecule has 8 N–H and O–H groups in total. The van der Waals surface area contributed by atoms with E-state index in [0.717, 1.165) is 11.1 Å². The zero-order valence-electron chi connectivity index (χ0n) is 27.0. The highest BCUT2D eigenvalue weighted by Gasteiger charge is 2.73. The third-order valence-corrected chi connectivity index (χ3v) is 12.2. The fraction of sp³-hybridized carbons (Fsp3) is 0.735. The Kier molecular flexibility index (Phi) is 8.80. The number of carbonyl (C=O) groups is 1. The third-order valence-electron chi connectivity index (χ3n) is 12.2. The van der Waals surface area contributed by atoms with Crippen LogP contribution in [0.25, 0.3) is 0 Å². The first-order valence-electron chi connectivity index (χ1n) is 15.9. The normalized spacial score (nSPS) is 43.0. The van der Waals surface area contributed by atoms with Gasteiger partial charge in [-0.1, -0.05) is 25.5 Å². The molecule has 0 radical (unpaired) electrons. The van der Waals surface area contributed by atoms with E-state index in [9.17, 15) is 45.6 Å². The monoisotopic (exact) mass is 634 g/mol. The second-order valence-corrected chi connectivity index (χ2v) is 15.0. The van der Waals surface area contributed by atoms with Gasteiger partial charge in [0.05, 0.1) is 29.8 Å². The van der Waals surface area contributed by atoms with Crippen molar-refractivity contribution in [3.8, 4) is 11.5 Å². The van der Waals surface area contributed by atoms with Gasteiger partial charge in [-0.05, 0) is 93.4 Å². The fourth-order valence-electron chi connectivity index (χ4n) is 9.52. The van der Waals surface area contributed by atoms with Gasteiger partial charge in [0.1, 0.15) is 30.2 Å². The first-order valence-corrected chi connectivity index (χ1v) is 15.9. The Bertz CT molecular complexity index is 1340. The highest BCUT2D eigenvalue weighted by atomic mass is 16.7. The summed E-state index contributed by atoms with van der Waals surface area (Å²) in [7, 11) is 0. The summed E-state index contributed by atoms with van der Waals surface area (Å²) in [6.07, 6.45) is -6.19. The van der Waals surface area contributed by atoms with E-state index in [1.165, 1.54) is 6.07 Å². The maximum atomic E-state index is 14.5. The number of rotatable bonds is 7. The molecule has 9 unspecified atom stereocenters. The van der Waals surface area contributed by atoms with Crippen molar-refractivity contribution in [1.29, 1.82) is 0 Å². The predicted octanol–water partition coefficient (Wildman–Crippen LogP) is 1.23. The van der Waals surface area contributed by atoms with Crippen LogP contribution in [-0.4, -0.2) is 102 Å². The van der Waals surface area contributed by atoms with Crippen molar-refractivity contribution in [1.82, 2.24) is 0 Å². The summed E-state index contributed by atoms with van der Waals surface area (Å²) in [6.45, 7) is 10.6. The number of fused-ring (bicyclic) bond motifs is 5. The number of hydrogen-bond acceptors (Lipinski definition) is 11. The average molecular weight is 635 g/mol. The van der Waals surface area contributed by atoms with E-state index < -0.39 is 77.3 Å². The Morgan fingerprint density at radius 1 is 1.11 bits per heavy atom. The molecule has 2 saturated carbocycles. The van der Waals surface area contributed by atoms with Crippen molar-refractivity contribution >= 4 is 5.78 Å². The van der Waals surface area contributed by atoms with Crippen molar-refractivity contribution in [2.75, 3.05) is 6.61 Å². The lowest BCUT2D eigenvalue weighted by Gasteiger charge is -2.62. The molecule has 45 heavy (non-hydrogen) atoms. The number of hydrogen-bond donors (Lipinski definition) is 8. The van der Waals surface area contributed by atoms with Crippen molar-refractivity contribution in [2.24, 2.45) is 22.7 Å². The van der Waals surface area contributed by atoms with Gasteiger partial charge >= 0.3 is 0 Å². The van der Waals surface area contributed by atoms with Crippen LogP contribution in [0, 0.1) is 22.7 Å². The number of phenols is 1. The van der Waals surface area contributed by atoms with Crippen LogP contribution in [0.2, 0.25) is 0 Å². The summed E-state index contributed by atoms with van der Waals surface area (Å²) in [4.78, 5) is 14.5. The molecule has 0 aromatic heterocycles. The summed E-state index contributed by atoms with van der Waals surface area (Å²) < 4.78 is 11.3. The van der Waals surface area contributed by atoms with Crippen LogP contribution in [0.4, 0.5) is 0 Å². The quantitative estimate of drug-likeness (QED) is 0.201. The minimum absolute atomic E-state index is 0.0486. The van der Waals surface area contributed by atoms with Crippen molar-refractivity contribution < 1.29 is 55.1 Å². The standard InChI is InChI=1S/C34H50O11/c1-16(2)7-10-24(38)34(6,43)29-20(37)13-31(3)23-9-8-17-11-19(36)21(12-18(17)33(23,5)25(39)14-32(29,31)4)44-30-28(42)27(41)26(40)22(15-35)45-30/h7,11-12,20,22-24,26-30,35-38,40-43H,8-10,13-15H2,1-6H3/t20?,22?,23-,24?,26?,27?,28?,29?,30?,31-,32+,33+,34?/m0/s1. The van der Waals surface area contributed by atoms with Crippen molar-refractivity contribution in [3.63, 3.8) is 0 Å². The number of aromatic hydroxyl groups is 1. The number of benzene rings is 1. The number of aliphatic hydroxyl groups excluding tert-OH is 6. The van der Waals surface area contributed by atoms with E-state index in [1.807, 2.05) is 33.8 Å². The number of phenolic OH excluding ortho intramolecular Hbond substituents is 1. The van der Waals surface area contributed by atoms with E-state index in [-0.39, 0.29) is 36.0 Å². The van der Waals surface area contributed by atoms with Gasteiger partial charge in [0.25, 0.3) is 0 Å². The van der Waals surface area contributed by atoms with Crippen LogP contribution < -0.4 is 4.74 Å². The molecule has 1 aliphatic heterocycles. The molecule has 0 amide bonds. The molecule has 1 saturated heterocycles. The van der Waals surface area contributed by atoms with Crippen LogP contribution >= 0.6 is 0 Å². The lowest BCUT2D eigenvalue weighted by molar-refractivity contribution is -0.277. The third kappa shape index (κ3) is 5.06. The maximum absolute atomic E-state index is 14.5. The number of aliphatic hydroxyl groups is 7. The fourth-order valence-corrected chi connectivity index (χ4v) is 9.52. The lowest BCUT2D eigenvalue weighted by atomic mass is 9.41. The van der Waals surface area contributed by atoms with Crippen LogP contribution in [0.5, 0.6) is 11.5 Å². The maximum Gasteiger partial charge on any atom is 0.229 e. The molecule has 1 aromatic carbocycles. The van der Waals surface area contributed by atoms with Gasteiger partial charge in [-0.15, -0.1) is 0 Å². The van der Waals surface area contributed by atoms with Crippen LogP contribution in [0.15, 0.2) is 23.8 Å². The predicted molar refractivity (Wildman–Crippen MR) is 162 cm³/mol. The molecule has 1 heterocycles.